The van der Waals surface area contributed by atoms with Gasteiger partial charge in [0.25, 0.3) is 0 Å². The third kappa shape index (κ3) is 2.84. The highest BCUT2D eigenvalue weighted by Crippen LogP contribution is 2.24. The summed E-state index contributed by atoms with van der Waals surface area (Å²) in [5, 5.41) is 8.64. The number of carboxylic acid groups (broad SMARTS) is 1. The molecule has 0 aromatic carbocycles. The van der Waals surface area contributed by atoms with E-state index in [1.807, 2.05) is 0 Å². The van der Waals surface area contributed by atoms with Gasteiger partial charge in [0, 0.05) is 19.6 Å². The summed E-state index contributed by atoms with van der Waals surface area (Å²) in [6, 6.07) is 0.130. The summed E-state index contributed by atoms with van der Waals surface area (Å²) in [6.45, 7) is 2.00. The third-order valence-corrected chi connectivity index (χ3v) is 2.90. The SMILES string of the molecule is CCN(CC(=O)O)C(=O)N(C)C1CCC1. The standard InChI is InChI=1S/C10H18N2O3/c1-3-12(7-9(13)14)10(15)11(2)8-5-4-6-8/h8H,3-7H2,1-2H3,(H,13,14). The van der Waals surface area contributed by atoms with E-state index < -0.39 is 5.97 Å². The molecule has 0 bridgehead atoms. The van der Waals surface area contributed by atoms with Crippen LogP contribution in [0.15, 0.2) is 0 Å². The molecule has 15 heavy (non-hydrogen) atoms. The highest BCUT2D eigenvalue weighted by Gasteiger charge is 2.28. The van der Waals surface area contributed by atoms with Crippen LogP contribution in [0.25, 0.3) is 0 Å². The van der Waals surface area contributed by atoms with Gasteiger partial charge in [0.2, 0.25) is 0 Å². The molecule has 1 aliphatic rings. The molecule has 0 heterocycles. The van der Waals surface area contributed by atoms with Crippen LogP contribution in [0.3, 0.4) is 0 Å². The monoisotopic (exact) mass is 214 g/mol. The first kappa shape index (κ1) is 11.8. The molecular formula is C10H18N2O3. The smallest absolute Gasteiger partial charge is 0.323 e. The van der Waals surface area contributed by atoms with Gasteiger partial charge in [-0.25, -0.2) is 4.79 Å². The fraction of sp³-hybridized carbons (Fsp3) is 0.800. The minimum absolute atomic E-state index is 0.176. The Hall–Kier alpha value is -1.26. The molecule has 0 aromatic rings. The number of rotatable bonds is 4. The number of carboxylic acids is 1. The third-order valence-electron chi connectivity index (χ3n) is 2.90. The van der Waals surface area contributed by atoms with Crippen LogP contribution in [0.2, 0.25) is 0 Å². The summed E-state index contributed by atoms with van der Waals surface area (Å²) >= 11 is 0. The van der Waals surface area contributed by atoms with Crippen molar-refractivity contribution >= 4 is 12.0 Å². The number of carbonyl (C=O) groups excluding carboxylic acids is 1. The van der Waals surface area contributed by atoms with Gasteiger partial charge < -0.3 is 14.9 Å². The topological polar surface area (TPSA) is 60.9 Å². The van der Waals surface area contributed by atoms with Gasteiger partial charge in [0.05, 0.1) is 0 Å². The minimum atomic E-state index is -0.966. The van der Waals surface area contributed by atoms with Crippen molar-refractivity contribution in [3.63, 3.8) is 0 Å². The van der Waals surface area contributed by atoms with Gasteiger partial charge in [-0.2, -0.15) is 0 Å². The molecule has 86 valence electrons. The fourth-order valence-electron chi connectivity index (χ4n) is 1.63. The molecule has 0 aliphatic heterocycles. The first-order valence-corrected chi connectivity index (χ1v) is 5.29. The van der Waals surface area contributed by atoms with Crippen molar-refractivity contribution in [2.45, 2.75) is 32.2 Å². The lowest BCUT2D eigenvalue weighted by molar-refractivity contribution is -0.137. The van der Waals surface area contributed by atoms with E-state index in [2.05, 4.69) is 0 Å². The first-order valence-electron chi connectivity index (χ1n) is 5.29. The number of hydrogen-bond donors (Lipinski definition) is 1. The van der Waals surface area contributed by atoms with Gasteiger partial charge in [-0.1, -0.05) is 0 Å². The molecule has 2 amide bonds. The van der Waals surface area contributed by atoms with Gasteiger partial charge in [0.15, 0.2) is 0 Å². The normalized spacial score (nSPS) is 15.6. The van der Waals surface area contributed by atoms with Gasteiger partial charge in [-0.3, -0.25) is 4.79 Å². The van der Waals surface area contributed by atoms with Crippen molar-refractivity contribution < 1.29 is 14.7 Å². The summed E-state index contributed by atoms with van der Waals surface area (Å²) in [4.78, 5) is 25.4. The Kier molecular flexibility index (Phi) is 3.94. The number of urea groups is 1. The van der Waals surface area contributed by atoms with Gasteiger partial charge >= 0.3 is 12.0 Å². The van der Waals surface area contributed by atoms with Crippen molar-refractivity contribution in [1.29, 1.82) is 0 Å². The van der Waals surface area contributed by atoms with Crippen molar-refractivity contribution in [1.82, 2.24) is 9.80 Å². The summed E-state index contributed by atoms with van der Waals surface area (Å²) in [5.41, 5.74) is 0. The molecule has 1 aliphatic carbocycles. The van der Waals surface area contributed by atoms with E-state index >= 15 is 0 Å². The van der Waals surface area contributed by atoms with Crippen LogP contribution in [0, 0.1) is 0 Å². The van der Waals surface area contributed by atoms with Crippen molar-refractivity contribution in [2.75, 3.05) is 20.1 Å². The maximum Gasteiger partial charge on any atom is 0.323 e. The predicted octanol–water partition coefficient (Wildman–Crippen LogP) is 0.997. The molecule has 1 rings (SSSR count). The van der Waals surface area contributed by atoms with E-state index in [-0.39, 0.29) is 12.6 Å². The van der Waals surface area contributed by atoms with Crippen LogP contribution in [0.4, 0.5) is 4.79 Å². The quantitative estimate of drug-likeness (QED) is 0.759. The zero-order valence-corrected chi connectivity index (χ0v) is 9.27. The van der Waals surface area contributed by atoms with E-state index in [1.54, 1.807) is 18.9 Å². The Morgan fingerprint density at radius 3 is 2.33 bits per heavy atom. The van der Waals surface area contributed by atoms with Crippen LogP contribution >= 0.6 is 0 Å². The maximum absolute atomic E-state index is 11.8. The molecule has 0 atom stereocenters. The molecule has 0 spiro atoms. The number of nitrogens with zero attached hydrogens (tertiary/aromatic N) is 2. The van der Waals surface area contributed by atoms with E-state index in [0.29, 0.717) is 12.6 Å². The average molecular weight is 214 g/mol. The molecule has 1 fully saturated rings. The number of likely N-dealkylation sites (N-methyl/N-ethyl adjacent to an activating group) is 1. The lowest BCUT2D eigenvalue weighted by atomic mass is 9.92. The van der Waals surface area contributed by atoms with Crippen LogP contribution in [0.1, 0.15) is 26.2 Å². The lowest BCUT2D eigenvalue weighted by Gasteiger charge is -2.37. The Bertz CT molecular complexity index is 251. The zero-order valence-electron chi connectivity index (χ0n) is 9.27. The molecule has 1 saturated carbocycles. The first-order chi connectivity index (χ1) is 7.06. The largest absolute Gasteiger partial charge is 0.480 e. The van der Waals surface area contributed by atoms with Crippen molar-refractivity contribution in [2.24, 2.45) is 0 Å². The van der Waals surface area contributed by atoms with Crippen LogP contribution in [-0.2, 0) is 4.79 Å². The molecule has 5 heteroatoms. The van der Waals surface area contributed by atoms with Crippen LogP contribution in [0.5, 0.6) is 0 Å². The molecule has 0 unspecified atom stereocenters. The molecule has 0 saturated heterocycles. The van der Waals surface area contributed by atoms with Crippen LogP contribution in [-0.4, -0.2) is 53.1 Å². The fourth-order valence-corrected chi connectivity index (χ4v) is 1.63. The summed E-state index contributed by atoms with van der Waals surface area (Å²) < 4.78 is 0. The highest BCUT2D eigenvalue weighted by atomic mass is 16.4. The Balaban J connectivity index is 2.50. The highest BCUT2D eigenvalue weighted by molar-refractivity contribution is 5.80. The van der Waals surface area contributed by atoms with Crippen molar-refractivity contribution in [3.8, 4) is 0 Å². The van der Waals surface area contributed by atoms with E-state index in [9.17, 15) is 9.59 Å². The second-order valence-corrected chi connectivity index (χ2v) is 3.89. The Morgan fingerprint density at radius 1 is 1.40 bits per heavy atom. The molecule has 0 aromatic heterocycles. The summed E-state index contributed by atoms with van der Waals surface area (Å²) in [6.07, 6.45) is 3.23. The molecule has 5 nitrogen and oxygen atoms in total. The zero-order chi connectivity index (χ0) is 11.4. The second-order valence-electron chi connectivity index (χ2n) is 3.89. The molecule has 0 radical (unpaired) electrons. The van der Waals surface area contributed by atoms with Crippen LogP contribution < -0.4 is 0 Å². The maximum atomic E-state index is 11.8. The predicted molar refractivity (Wildman–Crippen MR) is 55.7 cm³/mol. The average Bonchev–Trinajstić information content (AvgIpc) is 2.09. The number of amides is 2. The van der Waals surface area contributed by atoms with Gasteiger partial charge in [0.1, 0.15) is 6.54 Å². The minimum Gasteiger partial charge on any atom is -0.480 e. The van der Waals surface area contributed by atoms with Crippen molar-refractivity contribution in [3.05, 3.63) is 0 Å². The van der Waals surface area contributed by atoms with Gasteiger partial charge in [-0.05, 0) is 26.2 Å². The van der Waals surface area contributed by atoms with E-state index in [0.717, 1.165) is 19.3 Å². The number of aliphatic carboxylic acids is 1. The summed E-state index contributed by atoms with van der Waals surface area (Å²) in [5.74, 6) is -0.966. The lowest BCUT2D eigenvalue weighted by Crippen LogP contribution is -2.49. The van der Waals surface area contributed by atoms with E-state index in [1.165, 1.54) is 4.90 Å². The molecule has 1 N–H and O–H groups in total. The van der Waals surface area contributed by atoms with E-state index in [4.69, 9.17) is 5.11 Å². The summed E-state index contributed by atoms with van der Waals surface area (Å²) in [7, 11) is 1.75. The van der Waals surface area contributed by atoms with Gasteiger partial charge in [-0.15, -0.1) is 0 Å². The number of hydrogen-bond acceptors (Lipinski definition) is 2. The number of carbonyl (C=O) groups is 2. The molecular weight excluding hydrogens is 196 g/mol. The Morgan fingerprint density at radius 2 is 2.00 bits per heavy atom. The Labute approximate surface area is 89.7 Å². The second kappa shape index (κ2) is 5.00.